The summed E-state index contributed by atoms with van der Waals surface area (Å²) in [6.45, 7) is 0. The number of methoxy groups -OCH3 is 3. The van der Waals surface area contributed by atoms with E-state index in [0.29, 0.717) is 38.2 Å². The molecule has 40 heavy (non-hydrogen) atoms. The number of aromatic nitrogens is 1. The molecule has 1 aromatic heterocycles. The van der Waals surface area contributed by atoms with Crippen LogP contribution in [0.5, 0.6) is 23.0 Å². The number of ketones is 1. The molecule has 8 nitrogen and oxygen atoms in total. The van der Waals surface area contributed by atoms with Gasteiger partial charge in [0.15, 0.2) is 17.3 Å². The first-order chi connectivity index (χ1) is 18.9. The second kappa shape index (κ2) is 11.7. The highest BCUT2D eigenvalue weighted by Gasteiger charge is 2.34. The molecule has 0 saturated heterocycles. The molecule has 13 heteroatoms. The van der Waals surface area contributed by atoms with Crippen LogP contribution in [0.15, 0.2) is 59.6 Å². The molecule has 0 saturated carbocycles. The van der Waals surface area contributed by atoms with Gasteiger partial charge in [0.25, 0.3) is 0 Å². The summed E-state index contributed by atoms with van der Waals surface area (Å²) >= 11 is 6.15. The third-order valence-corrected chi connectivity index (χ3v) is 7.12. The van der Waals surface area contributed by atoms with Gasteiger partial charge in [0.05, 0.1) is 26.8 Å². The van der Waals surface area contributed by atoms with Crippen molar-refractivity contribution in [3.05, 3.63) is 70.9 Å². The predicted octanol–water partition coefficient (Wildman–Crippen LogP) is 6.52. The van der Waals surface area contributed by atoms with E-state index < -0.39 is 34.7 Å². The predicted molar refractivity (Wildman–Crippen MR) is 146 cm³/mol. The topological polar surface area (TPSA) is 98.9 Å². The molecule has 3 aromatic carbocycles. The van der Waals surface area contributed by atoms with Crippen LogP contribution in [0.25, 0.3) is 10.9 Å². The van der Waals surface area contributed by atoms with Crippen LogP contribution in [0, 0.1) is 0 Å². The SMILES string of the molecule is COc1cc(NC(C(=O)c2c[nH]c3cc(OC)c(OC(F)(F)F)cc23)c2ccc(Cl)cc2OC)cc(S(C)=O)c1. The van der Waals surface area contributed by atoms with Crippen LogP contribution < -0.4 is 24.3 Å². The minimum atomic E-state index is -4.98. The number of aromatic amines is 1. The van der Waals surface area contributed by atoms with Crippen molar-refractivity contribution in [2.24, 2.45) is 0 Å². The van der Waals surface area contributed by atoms with E-state index in [-0.39, 0.29) is 16.7 Å². The van der Waals surface area contributed by atoms with Crippen LogP contribution in [0.2, 0.25) is 5.02 Å². The Bertz CT molecular complexity index is 1590. The Labute approximate surface area is 234 Å². The maximum atomic E-state index is 14.1. The lowest BCUT2D eigenvalue weighted by atomic mass is 9.95. The molecular formula is C27H24ClF3N2O6S. The molecule has 0 spiro atoms. The monoisotopic (exact) mass is 596 g/mol. The van der Waals surface area contributed by atoms with Crippen molar-refractivity contribution in [2.45, 2.75) is 17.3 Å². The number of ether oxygens (including phenoxy) is 4. The van der Waals surface area contributed by atoms with Gasteiger partial charge in [0.1, 0.15) is 17.5 Å². The van der Waals surface area contributed by atoms with Gasteiger partial charge in [0.2, 0.25) is 0 Å². The third kappa shape index (κ3) is 6.28. The van der Waals surface area contributed by atoms with Crippen LogP contribution >= 0.6 is 11.6 Å². The van der Waals surface area contributed by atoms with E-state index >= 15 is 0 Å². The van der Waals surface area contributed by atoms with Crippen LogP contribution in [-0.2, 0) is 10.8 Å². The van der Waals surface area contributed by atoms with Crippen LogP contribution in [0.4, 0.5) is 18.9 Å². The zero-order valence-corrected chi connectivity index (χ0v) is 23.2. The van der Waals surface area contributed by atoms with Gasteiger partial charge in [-0.2, -0.15) is 0 Å². The van der Waals surface area contributed by atoms with E-state index in [1.807, 2.05) is 0 Å². The van der Waals surface area contributed by atoms with E-state index in [0.717, 1.165) is 6.07 Å². The molecule has 0 aliphatic carbocycles. The first-order valence-corrected chi connectivity index (χ1v) is 13.5. The first-order valence-electron chi connectivity index (χ1n) is 11.6. The summed E-state index contributed by atoms with van der Waals surface area (Å²) < 4.78 is 71.5. The Balaban J connectivity index is 1.87. The second-order valence-electron chi connectivity index (χ2n) is 8.48. The summed E-state index contributed by atoms with van der Waals surface area (Å²) in [5.41, 5.74) is 1.22. The van der Waals surface area contributed by atoms with Crippen molar-refractivity contribution in [1.29, 1.82) is 0 Å². The molecule has 0 aliphatic rings. The summed E-state index contributed by atoms with van der Waals surface area (Å²) in [5.74, 6) is -0.596. The fourth-order valence-corrected chi connectivity index (χ4v) is 4.90. The highest BCUT2D eigenvalue weighted by Crippen LogP contribution is 2.39. The second-order valence-corrected chi connectivity index (χ2v) is 10.3. The first kappa shape index (κ1) is 29.1. The number of hydrogen-bond donors (Lipinski definition) is 2. The molecule has 0 radical (unpaired) electrons. The average Bonchev–Trinajstić information content (AvgIpc) is 3.32. The Morgan fingerprint density at radius 3 is 2.33 bits per heavy atom. The van der Waals surface area contributed by atoms with Crippen LogP contribution in [-0.4, -0.2) is 48.9 Å². The van der Waals surface area contributed by atoms with E-state index in [1.165, 1.54) is 45.9 Å². The summed E-state index contributed by atoms with van der Waals surface area (Å²) in [6.07, 6.45) is -2.09. The Morgan fingerprint density at radius 1 is 0.975 bits per heavy atom. The number of carbonyl (C=O) groups is 1. The van der Waals surface area contributed by atoms with Gasteiger partial charge in [-0.1, -0.05) is 17.7 Å². The number of carbonyl (C=O) groups excluding carboxylic acids is 1. The van der Waals surface area contributed by atoms with E-state index in [4.69, 9.17) is 25.8 Å². The van der Waals surface area contributed by atoms with Crippen LogP contribution in [0.1, 0.15) is 22.0 Å². The van der Waals surface area contributed by atoms with Gasteiger partial charge in [-0.15, -0.1) is 13.2 Å². The molecule has 2 N–H and O–H groups in total. The lowest BCUT2D eigenvalue weighted by Gasteiger charge is -2.22. The Hall–Kier alpha value is -3.90. The summed E-state index contributed by atoms with van der Waals surface area (Å²) in [6, 6.07) is 10.8. The van der Waals surface area contributed by atoms with E-state index in [9.17, 15) is 22.2 Å². The van der Waals surface area contributed by atoms with Gasteiger partial charge in [-0.05, 0) is 30.3 Å². The molecule has 212 valence electrons. The van der Waals surface area contributed by atoms with Gasteiger partial charge in [0, 0.05) is 67.5 Å². The molecule has 0 amide bonds. The van der Waals surface area contributed by atoms with E-state index in [2.05, 4.69) is 15.0 Å². The number of anilines is 1. The fourth-order valence-electron chi connectivity index (χ4n) is 4.17. The summed E-state index contributed by atoms with van der Waals surface area (Å²) in [7, 11) is 2.71. The molecular weight excluding hydrogens is 573 g/mol. The van der Waals surface area contributed by atoms with Crippen molar-refractivity contribution in [3.8, 4) is 23.0 Å². The highest BCUT2D eigenvalue weighted by molar-refractivity contribution is 7.84. The summed E-state index contributed by atoms with van der Waals surface area (Å²) in [4.78, 5) is 17.5. The Morgan fingerprint density at radius 2 is 1.70 bits per heavy atom. The lowest BCUT2D eigenvalue weighted by molar-refractivity contribution is -0.275. The number of alkyl halides is 3. The van der Waals surface area contributed by atoms with E-state index in [1.54, 1.807) is 30.3 Å². The standard InChI is InChI=1S/C27H24ClF3N2O6S/c1-36-16-8-15(9-17(10-16)40(4)35)33-25(18-6-5-14(28)7-22(18)37-2)26(34)20-13-32-21-12-23(38-3)24(11-19(20)21)39-27(29,30)31/h5-13,25,32-33H,1-4H3. The lowest BCUT2D eigenvalue weighted by Crippen LogP contribution is -2.22. The highest BCUT2D eigenvalue weighted by atomic mass is 35.5. The molecule has 0 bridgehead atoms. The molecule has 4 rings (SSSR count). The number of benzene rings is 3. The van der Waals surface area contributed by atoms with Crippen molar-refractivity contribution < 1.29 is 41.1 Å². The number of fused-ring (bicyclic) bond motifs is 1. The summed E-state index contributed by atoms with van der Waals surface area (Å²) in [5, 5.41) is 3.69. The number of hydrogen-bond acceptors (Lipinski definition) is 7. The molecule has 0 aliphatic heterocycles. The van der Waals surface area contributed by atoms with Crippen molar-refractivity contribution in [1.82, 2.24) is 4.98 Å². The molecule has 2 atom stereocenters. The molecule has 1 heterocycles. The fraction of sp³-hybridized carbons (Fsp3) is 0.222. The smallest absolute Gasteiger partial charge is 0.497 e. The van der Waals surface area contributed by atoms with Gasteiger partial charge in [-0.25, -0.2) is 0 Å². The number of halogens is 4. The van der Waals surface area contributed by atoms with Gasteiger partial charge in [-0.3, -0.25) is 9.00 Å². The molecule has 4 aromatic rings. The maximum Gasteiger partial charge on any atom is 0.573 e. The maximum absolute atomic E-state index is 14.1. The van der Waals surface area contributed by atoms with Crippen molar-refractivity contribution in [2.75, 3.05) is 32.9 Å². The van der Waals surface area contributed by atoms with Crippen molar-refractivity contribution in [3.63, 3.8) is 0 Å². The zero-order chi connectivity index (χ0) is 29.2. The number of Topliss-reactive ketones (excluding diaryl/α,β-unsaturated/α-hetero) is 1. The third-order valence-electron chi connectivity index (χ3n) is 5.98. The average molecular weight is 597 g/mol. The largest absolute Gasteiger partial charge is 0.573 e. The van der Waals surface area contributed by atoms with Gasteiger partial charge < -0.3 is 29.2 Å². The normalized spacial score (nSPS) is 13.0. The van der Waals surface area contributed by atoms with Crippen LogP contribution in [0.3, 0.4) is 0 Å². The minimum absolute atomic E-state index is 0.0707. The van der Waals surface area contributed by atoms with Gasteiger partial charge >= 0.3 is 6.36 Å². The quantitative estimate of drug-likeness (QED) is 0.201. The Kier molecular flexibility index (Phi) is 8.50. The van der Waals surface area contributed by atoms with Crippen molar-refractivity contribution >= 4 is 44.8 Å². The minimum Gasteiger partial charge on any atom is -0.497 e. The number of rotatable bonds is 10. The number of H-pyrrole nitrogens is 1. The number of nitrogens with one attached hydrogen (secondary N) is 2. The molecule has 0 fully saturated rings. The zero-order valence-electron chi connectivity index (χ0n) is 21.6. The molecule has 2 unspecified atom stereocenters.